The maximum absolute atomic E-state index is 13.6. The van der Waals surface area contributed by atoms with Crippen molar-refractivity contribution in [2.24, 2.45) is 7.05 Å². The van der Waals surface area contributed by atoms with Gasteiger partial charge in [-0.25, -0.2) is 0 Å². The smallest absolute Gasteiger partial charge is 0.214 e. The second kappa shape index (κ2) is 6.83. The minimum absolute atomic E-state index is 0.0179. The van der Waals surface area contributed by atoms with E-state index >= 15 is 0 Å². The molecule has 6 nitrogen and oxygen atoms in total. The number of hydrogen-bond acceptors (Lipinski definition) is 5. The third kappa shape index (κ3) is 3.05. The fraction of sp³-hybridized carbons (Fsp3) is 0.308. The van der Waals surface area contributed by atoms with Crippen LogP contribution in [0, 0.1) is 11.5 Å². The van der Waals surface area contributed by atoms with Crippen molar-refractivity contribution < 1.29 is 24.9 Å². The van der Waals surface area contributed by atoms with E-state index in [1.807, 2.05) is 12.1 Å². The van der Waals surface area contributed by atoms with Crippen molar-refractivity contribution in [2.45, 2.75) is 44.5 Å². The number of aromatic hydroxyl groups is 2. The Morgan fingerprint density at radius 2 is 1.61 bits per heavy atom. The molecule has 0 radical (unpaired) electrons. The summed E-state index contributed by atoms with van der Waals surface area (Å²) in [6, 6.07) is 7.21. The summed E-state index contributed by atoms with van der Waals surface area (Å²) in [4.78, 5) is 27.2. The summed E-state index contributed by atoms with van der Waals surface area (Å²) < 4.78 is 1.65. The number of phenolic OH excluding ortho intramolecular Hbond substituents is 2. The molecule has 0 saturated carbocycles. The molecule has 1 atom stereocenters. The van der Waals surface area contributed by atoms with Gasteiger partial charge in [0, 0.05) is 35.5 Å². The number of para-hydroxylation sites is 1. The zero-order valence-electron chi connectivity index (χ0n) is 19.0. The number of ketones is 2. The van der Waals surface area contributed by atoms with Crippen LogP contribution in [0.2, 0.25) is 19.6 Å². The number of carbonyl (C=O) groups excluding carboxylic acids is 2. The molecule has 33 heavy (non-hydrogen) atoms. The lowest BCUT2D eigenvalue weighted by Crippen LogP contribution is -2.36. The van der Waals surface area contributed by atoms with Gasteiger partial charge in [0.25, 0.3) is 0 Å². The number of fused-ring (bicyclic) bond motifs is 5. The number of aryl methyl sites for hydroxylation is 1. The molecule has 1 heterocycles. The summed E-state index contributed by atoms with van der Waals surface area (Å²) in [7, 11) is -0.0390. The highest BCUT2D eigenvalue weighted by molar-refractivity contribution is 6.83. The number of rotatable bonds is 0. The van der Waals surface area contributed by atoms with Gasteiger partial charge in [-0.1, -0.05) is 43.8 Å². The monoisotopic (exact) mass is 459 g/mol. The molecule has 1 aromatic heterocycles. The van der Waals surface area contributed by atoms with Crippen LogP contribution >= 0.6 is 0 Å². The van der Waals surface area contributed by atoms with E-state index in [0.717, 1.165) is 5.52 Å². The van der Waals surface area contributed by atoms with Crippen LogP contribution in [-0.2, 0) is 19.9 Å². The Kier molecular flexibility index (Phi) is 4.45. The molecule has 0 fully saturated rings. The van der Waals surface area contributed by atoms with Gasteiger partial charge in [0.2, 0.25) is 11.6 Å². The van der Waals surface area contributed by atoms with Crippen LogP contribution in [0.25, 0.3) is 10.9 Å². The first-order chi connectivity index (χ1) is 15.4. The van der Waals surface area contributed by atoms with Crippen molar-refractivity contribution in [3.8, 4) is 23.0 Å². The molecule has 2 aliphatic rings. The van der Waals surface area contributed by atoms with Crippen molar-refractivity contribution in [1.29, 1.82) is 0 Å². The van der Waals surface area contributed by atoms with E-state index in [1.54, 1.807) is 23.7 Å². The fourth-order valence-electron chi connectivity index (χ4n) is 4.98. The summed E-state index contributed by atoms with van der Waals surface area (Å²) in [5.41, 5.74) is 3.30. The van der Waals surface area contributed by atoms with Crippen LogP contribution in [0.15, 0.2) is 24.3 Å². The van der Waals surface area contributed by atoms with Crippen LogP contribution in [0.4, 0.5) is 0 Å². The molecule has 0 spiro atoms. The van der Waals surface area contributed by atoms with E-state index in [0.29, 0.717) is 10.9 Å². The van der Waals surface area contributed by atoms with Crippen molar-refractivity contribution in [2.75, 3.05) is 0 Å². The predicted molar refractivity (Wildman–Crippen MR) is 128 cm³/mol. The van der Waals surface area contributed by atoms with E-state index in [-0.39, 0.29) is 58.7 Å². The van der Waals surface area contributed by atoms with Gasteiger partial charge in [-0.2, -0.15) is 0 Å². The zero-order valence-corrected chi connectivity index (χ0v) is 20.0. The summed E-state index contributed by atoms with van der Waals surface area (Å²) in [5, 5.41) is 34.1. The van der Waals surface area contributed by atoms with Crippen LogP contribution in [0.3, 0.4) is 0 Å². The number of hydrogen-bond donors (Lipinski definition) is 3. The van der Waals surface area contributed by atoms with Crippen LogP contribution < -0.4 is 0 Å². The average molecular weight is 460 g/mol. The Hall–Kier alpha value is -3.34. The lowest BCUT2D eigenvalue weighted by atomic mass is 9.75. The second-order valence-corrected chi connectivity index (χ2v) is 14.8. The van der Waals surface area contributed by atoms with E-state index in [1.165, 1.54) is 0 Å². The van der Waals surface area contributed by atoms with Gasteiger partial charge in [0.05, 0.1) is 16.7 Å². The molecule has 0 saturated heterocycles. The van der Waals surface area contributed by atoms with E-state index in [2.05, 4.69) is 31.1 Å². The maximum Gasteiger partial charge on any atom is 0.214 e. The lowest BCUT2D eigenvalue weighted by molar-refractivity contribution is 0.0844. The zero-order chi connectivity index (χ0) is 23.9. The number of phenols is 2. The highest BCUT2D eigenvalue weighted by atomic mass is 28.3. The molecule has 0 aliphatic heterocycles. The number of aliphatic hydroxyl groups is 1. The molecule has 168 valence electrons. The SMILES string of the molecule is Cn1c2c(c3ccccc31)C(=O)c1c(O)c3c(c(O)c1C2=O)CC(O)(C#C[Si](C)(C)C)CC3. The van der Waals surface area contributed by atoms with E-state index in [4.69, 9.17) is 0 Å². The van der Waals surface area contributed by atoms with E-state index < -0.39 is 25.2 Å². The third-order valence-electron chi connectivity index (χ3n) is 6.59. The molecule has 5 rings (SSSR count). The van der Waals surface area contributed by atoms with Crippen LogP contribution in [0.1, 0.15) is 49.5 Å². The largest absolute Gasteiger partial charge is 0.507 e. The molecule has 2 aromatic carbocycles. The quantitative estimate of drug-likeness (QED) is 0.212. The lowest BCUT2D eigenvalue weighted by Gasteiger charge is -2.32. The topological polar surface area (TPSA) is 99.8 Å². The van der Waals surface area contributed by atoms with Gasteiger partial charge in [-0.05, 0) is 18.9 Å². The number of nitrogens with zero attached hydrogens (tertiary/aromatic N) is 1. The highest BCUT2D eigenvalue weighted by Gasteiger charge is 2.43. The molecular weight excluding hydrogens is 434 g/mol. The van der Waals surface area contributed by atoms with Gasteiger partial charge in [0.15, 0.2) is 0 Å². The fourth-order valence-corrected chi connectivity index (χ4v) is 5.59. The molecule has 1 unspecified atom stereocenters. The molecular formula is C26H25NO5Si. The minimum Gasteiger partial charge on any atom is -0.507 e. The van der Waals surface area contributed by atoms with Crippen LogP contribution in [0.5, 0.6) is 11.5 Å². The molecule has 3 aromatic rings. The van der Waals surface area contributed by atoms with Crippen molar-refractivity contribution in [3.63, 3.8) is 0 Å². The number of aromatic nitrogens is 1. The summed E-state index contributed by atoms with van der Waals surface area (Å²) in [6.45, 7) is 6.22. The number of carbonyl (C=O) groups is 2. The Bertz CT molecular complexity index is 1460. The predicted octanol–water partition coefficient (Wildman–Crippen LogP) is 3.47. The Morgan fingerprint density at radius 1 is 0.970 bits per heavy atom. The summed E-state index contributed by atoms with van der Waals surface area (Å²) in [5.74, 6) is 1.36. The summed E-state index contributed by atoms with van der Waals surface area (Å²) in [6.07, 6.45) is 0.490. The molecule has 0 amide bonds. The Morgan fingerprint density at radius 3 is 2.30 bits per heavy atom. The van der Waals surface area contributed by atoms with Gasteiger partial charge in [-0.3, -0.25) is 9.59 Å². The normalized spacial score (nSPS) is 19.5. The summed E-state index contributed by atoms with van der Waals surface area (Å²) >= 11 is 0. The van der Waals surface area contributed by atoms with Gasteiger partial charge < -0.3 is 19.9 Å². The first-order valence-corrected chi connectivity index (χ1v) is 14.5. The average Bonchev–Trinajstić information content (AvgIpc) is 3.06. The molecule has 2 aliphatic carbocycles. The number of benzene rings is 2. The van der Waals surface area contributed by atoms with Crippen molar-refractivity contribution in [1.82, 2.24) is 4.57 Å². The van der Waals surface area contributed by atoms with E-state index in [9.17, 15) is 24.9 Å². The Labute approximate surface area is 192 Å². The highest BCUT2D eigenvalue weighted by Crippen LogP contribution is 2.48. The van der Waals surface area contributed by atoms with Gasteiger partial charge in [0.1, 0.15) is 30.9 Å². The first-order valence-electron chi connectivity index (χ1n) is 11.0. The van der Waals surface area contributed by atoms with Gasteiger partial charge in [-0.15, -0.1) is 5.54 Å². The second-order valence-electron chi connectivity index (χ2n) is 10.1. The van der Waals surface area contributed by atoms with Gasteiger partial charge >= 0.3 is 0 Å². The minimum atomic E-state index is -1.74. The van der Waals surface area contributed by atoms with Crippen LogP contribution in [-0.4, -0.2) is 45.1 Å². The molecule has 7 heteroatoms. The third-order valence-corrected chi connectivity index (χ3v) is 7.47. The molecule has 3 N–H and O–H groups in total. The first kappa shape index (κ1) is 21.5. The van der Waals surface area contributed by atoms with Crippen molar-refractivity contribution >= 4 is 30.5 Å². The maximum atomic E-state index is 13.6. The van der Waals surface area contributed by atoms with Crippen molar-refractivity contribution in [3.05, 3.63) is 57.8 Å². The standard InChI is InChI=1S/C26H25NO5Si/c1-27-17-8-6-5-7-15(17)18-21(27)25(31)20-19(24(18)30)22(28)14-9-10-26(32,11-12-33(2,3)4)13-16(14)23(20)29/h5-8,28-29,32H,9-10,13H2,1-4H3. The molecule has 0 bridgehead atoms. The Balaban J connectivity index is 1.73.